The number of hydrogen-bond acceptors (Lipinski definition) is 6. The minimum atomic E-state index is -3.60. The predicted octanol–water partition coefficient (Wildman–Crippen LogP) is 0.155. The Morgan fingerprint density at radius 3 is 2.33 bits per heavy atom. The van der Waals surface area contributed by atoms with E-state index in [2.05, 4.69) is 5.10 Å². The molecule has 11 heteroatoms. The van der Waals surface area contributed by atoms with Crippen LogP contribution < -0.4 is 5.56 Å². The van der Waals surface area contributed by atoms with Crippen molar-refractivity contribution in [2.24, 2.45) is 0 Å². The minimum Gasteiger partial charge on any atom is -0.373 e. The first kappa shape index (κ1) is 22.9. The molecule has 1 amide bonds. The van der Waals surface area contributed by atoms with E-state index >= 15 is 0 Å². The highest BCUT2D eigenvalue weighted by atomic mass is 32.2. The van der Waals surface area contributed by atoms with E-state index in [1.165, 1.54) is 25.4 Å². The van der Waals surface area contributed by atoms with Crippen LogP contribution in [0.15, 0.2) is 16.9 Å². The maximum atomic E-state index is 13.0. The zero-order valence-electron chi connectivity index (χ0n) is 17.9. The molecule has 2 atom stereocenters. The summed E-state index contributed by atoms with van der Waals surface area (Å²) in [7, 11) is -3.60. The Morgan fingerprint density at radius 1 is 1.10 bits per heavy atom. The number of carbonyl (C=O) groups excluding carboxylic acids is 1. The van der Waals surface area contributed by atoms with E-state index in [9.17, 15) is 18.0 Å². The molecule has 0 N–H and O–H groups in total. The minimum absolute atomic E-state index is 0.152. The lowest BCUT2D eigenvalue weighted by molar-refractivity contribution is -0.0457. The number of morpholine rings is 1. The molecule has 0 radical (unpaired) electrons. The van der Waals surface area contributed by atoms with Crippen LogP contribution in [-0.4, -0.2) is 89.1 Å². The summed E-state index contributed by atoms with van der Waals surface area (Å²) in [5, 5.41) is 4.20. The van der Waals surface area contributed by atoms with Gasteiger partial charge in [0.25, 0.3) is 21.7 Å². The first-order valence-electron chi connectivity index (χ1n) is 10.5. The molecular weight excluding hydrogens is 410 g/mol. The van der Waals surface area contributed by atoms with E-state index < -0.39 is 10.2 Å². The lowest BCUT2D eigenvalue weighted by Crippen LogP contribution is -2.57. The van der Waals surface area contributed by atoms with Gasteiger partial charge in [0.05, 0.1) is 12.2 Å². The van der Waals surface area contributed by atoms with Gasteiger partial charge in [0.2, 0.25) is 0 Å². The third kappa shape index (κ3) is 5.08. The molecule has 2 aliphatic heterocycles. The second kappa shape index (κ2) is 9.54. The Morgan fingerprint density at radius 2 is 1.73 bits per heavy atom. The molecular formula is C19H31N5O5S. The van der Waals surface area contributed by atoms with Crippen LogP contribution in [0.1, 0.15) is 44.1 Å². The standard InChI is InChI=1S/C19H31N5O5S/c1-4-5-8-24-18(25)7-6-17(20-24)19(26)21-9-11-22(12-10-21)30(27,28)23-13-15(2)29-16(3)14-23/h6-7,15-16H,4-5,8-14H2,1-3H3. The van der Waals surface area contributed by atoms with Gasteiger partial charge in [-0.25, -0.2) is 4.68 Å². The number of piperazine rings is 1. The van der Waals surface area contributed by atoms with Crippen LogP contribution in [0.2, 0.25) is 0 Å². The quantitative estimate of drug-likeness (QED) is 0.623. The molecule has 30 heavy (non-hydrogen) atoms. The van der Waals surface area contributed by atoms with E-state index in [4.69, 9.17) is 4.74 Å². The number of amides is 1. The summed E-state index contributed by atoms with van der Waals surface area (Å²) in [5.74, 6) is -0.286. The fraction of sp³-hybridized carbons (Fsp3) is 0.737. The SMILES string of the molecule is CCCCn1nc(C(=O)N2CCN(S(=O)(=O)N3CC(C)OC(C)C3)CC2)ccc1=O. The highest BCUT2D eigenvalue weighted by Gasteiger charge is 2.37. The van der Waals surface area contributed by atoms with Gasteiger partial charge in [0.1, 0.15) is 5.69 Å². The molecule has 10 nitrogen and oxygen atoms in total. The summed E-state index contributed by atoms with van der Waals surface area (Å²) in [6, 6.07) is 2.80. The Bertz CT molecular complexity index is 900. The normalized spacial score (nSPS) is 24.2. The molecule has 1 aromatic heterocycles. The van der Waals surface area contributed by atoms with Crippen molar-refractivity contribution >= 4 is 16.1 Å². The van der Waals surface area contributed by atoms with Crippen molar-refractivity contribution in [2.45, 2.75) is 52.4 Å². The third-order valence-electron chi connectivity index (χ3n) is 5.37. The summed E-state index contributed by atoms with van der Waals surface area (Å²) in [4.78, 5) is 26.3. The van der Waals surface area contributed by atoms with Gasteiger partial charge in [-0.05, 0) is 26.3 Å². The second-order valence-corrected chi connectivity index (χ2v) is 9.84. The van der Waals surface area contributed by atoms with Crippen LogP contribution in [0, 0.1) is 0 Å². The fourth-order valence-electron chi connectivity index (χ4n) is 3.80. The van der Waals surface area contributed by atoms with Crippen LogP contribution in [0.3, 0.4) is 0 Å². The molecule has 2 fully saturated rings. The molecule has 0 aromatic carbocycles. The molecule has 3 rings (SSSR count). The van der Waals surface area contributed by atoms with Crippen molar-refractivity contribution in [1.82, 2.24) is 23.3 Å². The number of nitrogens with zero attached hydrogens (tertiary/aromatic N) is 5. The third-order valence-corrected chi connectivity index (χ3v) is 7.34. The monoisotopic (exact) mass is 441 g/mol. The van der Waals surface area contributed by atoms with Crippen molar-refractivity contribution < 1.29 is 17.9 Å². The zero-order chi connectivity index (χ0) is 21.9. The van der Waals surface area contributed by atoms with E-state index in [0.29, 0.717) is 19.6 Å². The summed E-state index contributed by atoms with van der Waals surface area (Å²) < 4.78 is 35.8. The molecule has 2 saturated heterocycles. The smallest absolute Gasteiger partial charge is 0.282 e. The highest BCUT2D eigenvalue weighted by molar-refractivity contribution is 7.86. The number of hydrogen-bond donors (Lipinski definition) is 0. The van der Waals surface area contributed by atoms with Gasteiger partial charge < -0.3 is 9.64 Å². The fourth-order valence-corrected chi connectivity index (χ4v) is 5.55. The van der Waals surface area contributed by atoms with E-state index in [1.807, 2.05) is 20.8 Å². The number of rotatable bonds is 6. The summed E-state index contributed by atoms with van der Waals surface area (Å²) in [6.07, 6.45) is 1.42. The molecule has 2 aliphatic rings. The molecule has 0 saturated carbocycles. The lowest BCUT2D eigenvalue weighted by atomic mass is 10.3. The Labute approximate surface area is 177 Å². The molecule has 3 heterocycles. The molecule has 1 aromatic rings. The molecule has 0 spiro atoms. The van der Waals surface area contributed by atoms with Crippen molar-refractivity contribution in [3.8, 4) is 0 Å². The topological polar surface area (TPSA) is 105 Å². The van der Waals surface area contributed by atoms with Crippen LogP contribution in [0.25, 0.3) is 0 Å². The van der Waals surface area contributed by atoms with Crippen molar-refractivity contribution in [1.29, 1.82) is 0 Å². The summed E-state index contributed by atoms with van der Waals surface area (Å²) >= 11 is 0. The zero-order valence-corrected chi connectivity index (χ0v) is 18.7. The Hall–Kier alpha value is -1.82. The van der Waals surface area contributed by atoms with Gasteiger partial charge >= 0.3 is 0 Å². The van der Waals surface area contributed by atoms with Crippen LogP contribution in [0.5, 0.6) is 0 Å². The van der Waals surface area contributed by atoms with Crippen LogP contribution in [-0.2, 0) is 21.5 Å². The van der Waals surface area contributed by atoms with Gasteiger partial charge in [-0.15, -0.1) is 0 Å². The van der Waals surface area contributed by atoms with Crippen molar-refractivity contribution in [3.63, 3.8) is 0 Å². The first-order chi connectivity index (χ1) is 14.2. The van der Waals surface area contributed by atoms with E-state index in [0.717, 1.165) is 12.8 Å². The van der Waals surface area contributed by atoms with Crippen LogP contribution >= 0.6 is 0 Å². The highest BCUT2D eigenvalue weighted by Crippen LogP contribution is 2.19. The Kier molecular flexibility index (Phi) is 7.27. The average Bonchev–Trinajstić information content (AvgIpc) is 2.72. The molecule has 0 aliphatic carbocycles. The average molecular weight is 442 g/mol. The molecule has 0 bridgehead atoms. The maximum absolute atomic E-state index is 13.0. The van der Waals surface area contributed by atoms with E-state index in [-0.39, 0.29) is 55.5 Å². The number of carbonyl (C=O) groups is 1. The maximum Gasteiger partial charge on any atom is 0.282 e. The molecule has 168 valence electrons. The molecule has 2 unspecified atom stereocenters. The van der Waals surface area contributed by atoms with Gasteiger partial charge in [-0.3, -0.25) is 9.59 Å². The first-order valence-corrected chi connectivity index (χ1v) is 11.9. The van der Waals surface area contributed by atoms with Crippen LogP contribution in [0.4, 0.5) is 0 Å². The largest absolute Gasteiger partial charge is 0.373 e. The number of aryl methyl sites for hydroxylation is 1. The van der Waals surface area contributed by atoms with Gasteiger partial charge in [-0.1, -0.05) is 13.3 Å². The number of ether oxygens (including phenoxy) is 1. The van der Waals surface area contributed by atoms with Gasteiger partial charge in [0.15, 0.2) is 0 Å². The number of unbranched alkanes of at least 4 members (excludes halogenated alkanes) is 1. The summed E-state index contributed by atoms with van der Waals surface area (Å²) in [6.45, 7) is 7.89. The summed E-state index contributed by atoms with van der Waals surface area (Å²) in [5.41, 5.74) is -0.0253. The second-order valence-electron chi connectivity index (χ2n) is 7.91. The lowest BCUT2D eigenvalue weighted by Gasteiger charge is -2.40. The number of aromatic nitrogens is 2. The van der Waals surface area contributed by atoms with Gasteiger partial charge in [0, 0.05) is 51.9 Å². The van der Waals surface area contributed by atoms with Crippen molar-refractivity contribution in [3.05, 3.63) is 28.2 Å². The predicted molar refractivity (Wildman–Crippen MR) is 111 cm³/mol. The van der Waals surface area contributed by atoms with Crippen molar-refractivity contribution in [2.75, 3.05) is 39.3 Å². The Balaban J connectivity index is 1.64. The van der Waals surface area contributed by atoms with E-state index in [1.54, 1.807) is 4.90 Å². The van der Waals surface area contributed by atoms with Gasteiger partial charge in [-0.2, -0.15) is 22.1 Å².